The number of rotatable bonds is 4. The van der Waals surface area contributed by atoms with E-state index < -0.39 is 5.82 Å². The van der Waals surface area contributed by atoms with Crippen LogP contribution in [0, 0.1) is 5.82 Å². The molecule has 2 aromatic rings. The molecule has 0 aliphatic carbocycles. The van der Waals surface area contributed by atoms with Crippen LogP contribution in [0.25, 0.3) is 5.57 Å². The molecule has 0 spiro atoms. The minimum atomic E-state index is -0.419. The number of carbonyl (C=O) groups excluding carboxylic acids is 2. The van der Waals surface area contributed by atoms with Gasteiger partial charge in [0.15, 0.2) is 0 Å². The first-order valence-corrected chi connectivity index (χ1v) is 9.39. The van der Waals surface area contributed by atoms with Gasteiger partial charge in [0.25, 0.3) is 11.8 Å². The number of imide groups is 1. The van der Waals surface area contributed by atoms with Gasteiger partial charge in [0.05, 0.1) is 12.1 Å². The fourth-order valence-electron chi connectivity index (χ4n) is 3.69. The highest BCUT2D eigenvalue weighted by Crippen LogP contribution is 2.33. The maximum absolute atomic E-state index is 14.1. The average molecular weight is 379 g/mol. The molecule has 4 rings (SSSR count). The number of likely N-dealkylation sites (N-methyl/N-ethyl adjacent to an activating group) is 1. The van der Waals surface area contributed by atoms with Gasteiger partial charge in [-0.2, -0.15) is 0 Å². The average Bonchev–Trinajstić information content (AvgIpc) is 2.95. The minimum absolute atomic E-state index is 0.0715. The van der Waals surface area contributed by atoms with Crippen LogP contribution in [0.5, 0.6) is 0 Å². The van der Waals surface area contributed by atoms with Crippen LogP contribution in [0.2, 0.25) is 0 Å². The summed E-state index contributed by atoms with van der Waals surface area (Å²) >= 11 is 0. The third-order valence-corrected chi connectivity index (χ3v) is 5.31. The van der Waals surface area contributed by atoms with Gasteiger partial charge in [-0.25, -0.2) is 4.39 Å². The van der Waals surface area contributed by atoms with Crippen molar-refractivity contribution >= 4 is 17.4 Å². The van der Waals surface area contributed by atoms with Gasteiger partial charge in [-0.1, -0.05) is 48.5 Å². The number of piperazine rings is 1. The molecule has 2 amide bonds. The number of halogens is 1. The molecule has 1 saturated heterocycles. The highest BCUT2D eigenvalue weighted by Gasteiger charge is 2.42. The Bertz CT molecular complexity index is 934. The van der Waals surface area contributed by atoms with Gasteiger partial charge in [0.2, 0.25) is 0 Å². The second-order valence-electron chi connectivity index (χ2n) is 7.17. The molecule has 2 aromatic carbocycles. The molecule has 0 aromatic heterocycles. The number of nitrogens with zero attached hydrogens (tertiary/aromatic N) is 3. The van der Waals surface area contributed by atoms with Gasteiger partial charge in [-0.3, -0.25) is 14.5 Å². The van der Waals surface area contributed by atoms with Crippen LogP contribution in [0.4, 0.5) is 4.39 Å². The van der Waals surface area contributed by atoms with Crippen LogP contribution in [0.15, 0.2) is 60.3 Å². The number of benzene rings is 2. The summed E-state index contributed by atoms with van der Waals surface area (Å²) in [4.78, 5) is 31.8. The standard InChI is InChI=1S/C22H22FN3O2/c1-24-11-13-25(14-12-24)20-19(16-7-3-2-4-8-16)21(27)26(22(20)28)15-17-9-5-6-10-18(17)23/h2-10H,11-15H2,1H3. The van der Waals surface area contributed by atoms with Crippen LogP contribution in [-0.4, -0.2) is 59.7 Å². The third-order valence-electron chi connectivity index (χ3n) is 5.31. The van der Waals surface area contributed by atoms with Crippen molar-refractivity contribution in [3.8, 4) is 0 Å². The minimum Gasteiger partial charge on any atom is -0.364 e. The van der Waals surface area contributed by atoms with E-state index in [1.54, 1.807) is 18.2 Å². The summed E-state index contributed by atoms with van der Waals surface area (Å²) in [6.45, 7) is 2.92. The molecular formula is C22H22FN3O2. The number of carbonyl (C=O) groups is 2. The molecule has 0 radical (unpaired) electrons. The van der Waals surface area contributed by atoms with Gasteiger partial charge in [0.1, 0.15) is 11.5 Å². The molecule has 6 heteroatoms. The van der Waals surface area contributed by atoms with E-state index in [1.807, 2.05) is 42.3 Å². The van der Waals surface area contributed by atoms with Crippen molar-refractivity contribution in [1.29, 1.82) is 0 Å². The monoisotopic (exact) mass is 379 g/mol. The molecule has 5 nitrogen and oxygen atoms in total. The van der Waals surface area contributed by atoms with E-state index in [1.165, 1.54) is 6.07 Å². The summed E-state index contributed by atoms with van der Waals surface area (Å²) in [6, 6.07) is 15.5. The summed E-state index contributed by atoms with van der Waals surface area (Å²) in [5.41, 5.74) is 1.88. The molecule has 0 saturated carbocycles. The molecule has 144 valence electrons. The van der Waals surface area contributed by atoms with Crippen LogP contribution in [0.3, 0.4) is 0 Å². The van der Waals surface area contributed by atoms with Gasteiger partial charge >= 0.3 is 0 Å². The molecule has 0 N–H and O–H groups in total. The Balaban J connectivity index is 1.72. The number of amides is 2. The van der Waals surface area contributed by atoms with Crippen LogP contribution in [0.1, 0.15) is 11.1 Å². The van der Waals surface area contributed by atoms with Crippen LogP contribution in [-0.2, 0) is 16.1 Å². The van der Waals surface area contributed by atoms with E-state index >= 15 is 0 Å². The number of hydrogen-bond donors (Lipinski definition) is 0. The van der Waals surface area contributed by atoms with Crippen molar-refractivity contribution < 1.29 is 14.0 Å². The normalized spacial score (nSPS) is 18.4. The van der Waals surface area contributed by atoms with Crippen molar-refractivity contribution in [2.24, 2.45) is 0 Å². The molecule has 0 bridgehead atoms. The summed E-state index contributed by atoms with van der Waals surface area (Å²) in [5, 5.41) is 0. The molecule has 0 atom stereocenters. The Morgan fingerprint density at radius 3 is 2.18 bits per heavy atom. The Labute approximate surface area is 163 Å². The first kappa shape index (κ1) is 18.4. The highest BCUT2D eigenvalue weighted by molar-refractivity contribution is 6.35. The van der Waals surface area contributed by atoms with Crippen molar-refractivity contribution in [1.82, 2.24) is 14.7 Å². The Morgan fingerprint density at radius 1 is 0.857 bits per heavy atom. The third kappa shape index (κ3) is 3.31. The summed E-state index contributed by atoms with van der Waals surface area (Å²) in [7, 11) is 2.04. The lowest BCUT2D eigenvalue weighted by Gasteiger charge is -2.34. The first-order valence-electron chi connectivity index (χ1n) is 9.39. The topological polar surface area (TPSA) is 43.9 Å². The van der Waals surface area contributed by atoms with Crippen LogP contribution >= 0.6 is 0 Å². The molecule has 2 aliphatic rings. The predicted molar refractivity (Wildman–Crippen MR) is 104 cm³/mol. The summed E-state index contributed by atoms with van der Waals surface area (Å²) in [5.74, 6) is -1.14. The lowest BCUT2D eigenvalue weighted by Crippen LogP contribution is -2.46. The summed E-state index contributed by atoms with van der Waals surface area (Å²) < 4.78 is 14.1. The Hall–Kier alpha value is -2.99. The molecule has 2 heterocycles. The number of hydrogen-bond acceptors (Lipinski definition) is 4. The Kier molecular flexibility index (Phi) is 4.96. The van der Waals surface area contributed by atoms with E-state index in [2.05, 4.69) is 4.90 Å². The maximum atomic E-state index is 14.1. The fourth-order valence-corrected chi connectivity index (χ4v) is 3.69. The summed E-state index contributed by atoms with van der Waals surface area (Å²) in [6.07, 6.45) is 0. The van der Waals surface area contributed by atoms with Crippen molar-refractivity contribution in [3.05, 3.63) is 77.2 Å². The fraction of sp³-hybridized carbons (Fsp3) is 0.273. The first-order chi connectivity index (χ1) is 13.6. The highest BCUT2D eigenvalue weighted by atomic mass is 19.1. The molecule has 2 aliphatic heterocycles. The quantitative estimate of drug-likeness (QED) is 0.765. The van der Waals surface area contributed by atoms with Crippen molar-refractivity contribution in [3.63, 3.8) is 0 Å². The van der Waals surface area contributed by atoms with Gasteiger partial charge in [0, 0.05) is 31.7 Å². The van der Waals surface area contributed by atoms with Crippen molar-refractivity contribution in [2.45, 2.75) is 6.54 Å². The zero-order valence-corrected chi connectivity index (χ0v) is 15.8. The van der Waals surface area contributed by atoms with Gasteiger partial charge < -0.3 is 9.80 Å². The van der Waals surface area contributed by atoms with E-state index in [0.717, 1.165) is 18.0 Å². The van der Waals surface area contributed by atoms with E-state index in [0.29, 0.717) is 35.5 Å². The predicted octanol–water partition coefficient (Wildman–Crippen LogP) is 2.35. The second kappa shape index (κ2) is 7.56. The van der Waals surface area contributed by atoms with E-state index in [-0.39, 0.29) is 18.4 Å². The smallest absolute Gasteiger partial charge is 0.278 e. The van der Waals surface area contributed by atoms with Crippen LogP contribution < -0.4 is 0 Å². The zero-order chi connectivity index (χ0) is 19.7. The van der Waals surface area contributed by atoms with Gasteiger partial charge in [-0.15, -0.1) is 0 Å². The van der Waals surface area contributed by atoms with Gasteiger partial charge in [-0.05, 0) is 18.7 Å². The van der Waals surface area contributed by atoms with Crippen molar-refractivity contribution in [2.75, 3.05) is 33.2 Å². The molecule has 1 fully saturated rings. The van der Waals surface area contributed by atoms with E-state index in [9.17, 15) is 14.0 Å². The Morgan fingerprint density at radius 2 is 1.50 bits per heavy atom. The molecule has 28 heavy (non-hydrogen) atoms. The second-order valence-corrected chi connectivity index (χ2v) is 7.17. The lowest BCUT2D eigenvalue weighted by atomic mass is 10.0. The zero-order valence-electron chi connectivity index (χ0n) is 15.8. The maximum Gasteiger partial charge on any atom is 0.278 e. The molecular weight excluding hydrogens is 357 g/mol. The van der Waals surface area contributed by atoms with E-state index in [4.69, 9.17) is 0 Å². The lowest BCUT2D eigenvalue weighted by molar-refractivity contribution is -0.138. The molecule has 0 unspecified atom stereocenters. The SMILES string of the molecule is CN1CCN(C2=C(c3ccccc3)C(=O)N(Cc3ccccc3F)C2=O)CC1. The largest absolute Gasteiger partial charge is 0.364 e.